The molecule has 8 aromatic heterocycles. The fourth-order valence-corrected chi connectivity index (χ4v) is 16.2. The molecule has 12 heterocycles. The van der Waals surface area contributed by atoms with Gasteiger partial charge in [0, 0.05) is 221 Å². The lowest BCUT2D eigenvalue weighted by Gasteiger charge is -2.44. The van der Waals surface area contributed by atoms with Crippen molar-refractivity contribution in [1.29, 1.82) is 0 Å². The van der Waals surface area contributed by atoms with Gasteiger partial charge in [-0.1, -0.05) is 18.2 Å². The number of anilines is 13. The van der Waals surface area contributed by atoms with E-state index in [1.807, 2.05) is 123 Å². The van der Waals surface area contributed by atoms with Gasteiger partial charge in [-0.3, -0.25) is 19.2 Å². The standard InChI is InChI=1S/C24H31N9O2.C24H29N7O3.C23H27N7O3.C21H25N7O/c1-16-13-31(14-17(2)33(16)18(3)34)22-12-21(10-11-25-22)32-15-26-23(29-32)27-19-6-8-20(9-7-19)28-24(35)30(4)5;1-5-34-23(33)19-6-8-20(9-7-19)27-24-26-15-30(28-24)21-10-11-25-22(12-21)29-13-16(2)31(18(4)32)17(3)14-29;1-3-33-22(32)18-5-7-19(8-6-18)26-23-25-16-30(27-23)20-9-10-24-21(15-20)29-12-4-11-28(13-14-29)17(2)31;1-15-12-26(13-16(2)28(15)17(3)29)20-11-19(9-10-22-20)27-14-23-21(25-27)24-18-7-5-4-6-8-18/h6-12,15-17H,13-14H2,1-5H3,(H,27,29)(H,28,35);6-12,15-17H,5,13-14H2,1-4H3,(H,27,28);5-10,15-16H,3-4,11-14H2,1-2H3,(H,26,27);4-11,14-16H,12-13H2,1-3H3,(H,24,25)/t2*16-,17+;;15-,16+. The zero-order valence-corrected chi connectivity index (χ0v) is 76.1. The van der Waals surface area contributed by atoms with Crippen LogP contribution in [0.5, 0.6) is 0 Å². The van der Waals surface area contributed by atoms with Gasteiger partial charge in [-0.25, -0.2) is 53.0 Å². The van der Waals surface area contributed by atoms with E-state index in [2.05, 4.69) is 148 Å². The van der Waals surface area contributed by atoms with Crippen molar-refractivity contribution in [3.8, 4) is 22.7 Å². The van der Waals surface area contributed by atoms with Crippen molar-refractivity contribution in [2.75, 3.05) is 139 Å². The lowest BCUT2D eigenvalue weighted by atomic mass is 10.1. The molecule has 684 valence electrons. The van der Waals surface area contributed by atoms with Gasteiger partial charge in [0.25, 0.3) is 0 Å². The first-order valence-electron chi connectivity index (χ1n) is 43.5. The summed E-state index contributed by atoms with van der Waals surface area (Å²) in [4.78, 5) is 136. The largest absolute Gasteiger partial charge is 0.462 e. The third-order valence-corrected chi connectivity index (χ3v) is 22.2. The summed E-state index contributed by atoms with van der Waals surface area (Å²) in [5.74, 6) is 4.96. The van der Waals surface area contributed by atoms with E-state index < -0.39 is 0 Å². The van der Waals surface area contributed by atoms with E-state index in [-0.39, 0.29) is 77.8 Å². The molecule has 16 rings (SSSR count). The summed E-state index contributed by atoms with van der Waals surface area (Å²) in [6.07, 6.45) is 14.5. The quantitative estimate of drug-likeness (QED) is 0.0417. The van der Waals surface area contributed by atoms with Crippen molar-refractivity contribution in [2.45, 2.75) is 126 Å². The molecule has 0 aliphatic carbocycles. The molecular formula is C92H112N30O9. The number of carbonyl (C=O) groups excluding carboxylic acids is 7. The number of benzene rings is 4. The molecule has 0 saturated carbocycles. The number of pyridine rings is 4. The number of rotatable bonds is 21. The fraction of sp³-hybridized carbons (Fsp3) is 0.359. The van der Waals surface area contributed by atoms with Crippen molar-refractivity contribution in [1.82, 2.24) is 103 Å². The maximum absolute atomic E-state index is 12.0. The Kier molecular flexibility index (Phi) is 30.8. The van der Waals surface area contributed by atoms with Crippen LogP contribution in [0.2, 0.25) is 0 Å². The minimum absolute atomic E-state index is 0.0968. The number of hydrogen-bond acceptors (Lipinski definition) is 29. The summed E-state index contributed by atoms with van der Waals surface area (Å²) >= 11 is 0. The predicted molar refractivity (Wildman–Crippen MR) is 500 cm³/mol. The predicted octanol–water partition coefficient (Wildman–Crippen LogP) is 11.5. The fourth-order valence-electron chi connectivity index (χ4n) is 16.2. The molecule has 4 saturated heterocycles. The monoisotopic (exact) mass is 1780 g/mol. The normalized spacial score (nSPS) is 17.2. The van der Waals surface area contributed by atoms with Crippen LogP contribution in [0.3, 0.4) is 0 Å². The van der Waals surface area contributed by atoms with E-state index in [0.29, 0.717) is 73.5 Å². The van der Waals surface area contributed by atoms with E-state index in [1.54, 1.807) is 173 Å². The molecule has 0 spiro atoms. The van der Waals surface area contributed by atoms with Crippen molar-refractivity contribution in [3.05, 3.63) is 213 Å². The average Bonchev–Trinajstić information content (AvgIpc) is 1.01. The van der Waals surface area contributed by atoms with Crippen molar-refractivity contribution >= 4 is 117 Å². The molecule has 131 heavy (non-hydrogen) atoms. The number of nitrogens with one attached hydrogen (secondary N) is 5. The van der Waals surface area contributed by atoms with Crippen molar-refractivity contribution in [2.24, 2.45) is 0 Å². The number of hydrogen-bond donors (Lipinski definition) is 5. The summed E-state index contributed by atoms with van der Waals surface area (Å²) in [6, 6.07) is 47.0. The van der Waals surface area contributed by atoms with Crippen LogP contribution in [-0.4, -0.2) is 274 Å². The molecule has 39 heteroatoms. The third kappa shape index (κ3) is 24.5. The number of para-hydroxylation sites is 1. The lowest BCUT2D eigenvalue weighted by Crippen LogP contribution is -2.58. The van der Waals surface area contributed by atoms with Gasteiger partial charge in [-0.15, -0.1) is 20.4 Å². The van der Waals surface area contributed by atoms with Crippen LogP contribution in [0, 0.1) is 0 Å². The Hall–Kier alpha value is -15.5. The number of esters is 2. The van der Waals surface area contributed by atoms with Crippen LogP contribution in [0.15, 0.2) is 202 Å². The number of carbonyl (C=O) groups is 7. The van der Waals surface area contributed by atoms with Crippen LogP contribution in [0.4, 0.5) is 80.3 Å². The molecule has 5 N–H and O–H groups in total. The minimum Gasteiger partial charge on any atom is -0.462 e. The smallest absolute Gasteiger partial charge is 0.338 e. The maximum atomic E-state index is 12.0. The molecule has 4 aliphatic rings. The summed E-state index contributed by atoms with van der Waals surface area (Å²) < 4.78 is 16.8. The summed E-state index contributed by atoms with van der Waals surface area (Å²) in [7, 11) is 3.38. The van der Waals surface area contributed by atoms with Gasteiger partial charge in [0.05, 0.1) is 47.1 Å². The minimum atomic E-state index is -0.351. The maximum Gasteiger partial charge on any atom is 0.338 e. The first-order chi connectivity index (χ1) is 63.1. The molecule has 12 aromatic rings. The van der Waals surface area contributed by atoms with Gasteiger partial charge < -0.3 is 80.2 Å². The van der Waals surface area contributed by atoms with Gasteiger partial charge >= 0.3 is 18.0 Å². The Balaban J connectivity index is 0.000000149. The summed E-state index contributed by atoms with van der Waals surface area (Å²) in [6.45, 7) is 30.5. The molecule has 0 unspecified atom stereocenters. The Bertz CT molecular complexity index is 5840. The Morgan fingerprint density at radius 2 is 0.649 bits per heavy atom. The van der Waals surface area contributed by atoms with Crippen molar-refractivity contribution < 1.29 is 43.0 Å². The second-order valence-electron chi connectivity index (χ2n) is 32.3. The highest BCUT2D eigenvalue weighted by Gasteiger charge is 2.35. The Labute approximate surface area is 760 Å². The molecule has 39 nitrogen and oxygen atoms in total. The molecule has 4 aromatic carbocycles. The van der Waals surface area contributed by atoms with Gasteiger partial charge in [-0.05, 0) is 171 Å². The van der Waals surface area contributed by atoms with Crippen molar-refractivity contribution in [3.63, 3.8) is 0 Å². The zero-order valence-electron chi connectivity index (χ0n) is 76.1. The Morgan fingerprint density at radius 1 is 0.351 bits per heavy atom. The zero-order chi connectivity index (χ0) is 92.9. The Morgan fingerprint density at radius 3 is 0.947 bits per heavy atom. The highest BCUT2D eigenvalue weighted by molar-refractivity contribution is 5.91. The lowest BCUT2D eigenvalue weighted by molar-refractivity contribution is -0.134. The molecule has 6 amide bonds. The topological polar surface area (TPSA) is 402 Å². The second kappa shape index (κ2) is 43.4. The number of amides is 6. The van der Waals surface area contributed by atoms with E-state index in [9.17, 15) is 33.6 Å². The van der Waals surface area contributed by atoms with Gasteiger partial charge in [0.2, 0.25) is 47.4 Å². The number of ether oxygens (including phenoxy) is 2. The SMILES string of the molecule is CC(=O)N1[C@H](C)CN(c2cc(-n3cnc(Nc4ccc(NC(=O)N(C)C)cc4)n3)ccn2)C[C@@H]1C.CC(=O)N1[C@H](C)CN(c2cc(-n3cnc(Nc4ccccc4)n3)ccn2)C[C@@H]1C.CCOC(=O)c1ccc(Nc2ncn(-c3ccnc(N4CCCN(C(C)=O)CC4)c3)n2)cc1.CCOC(=O)c1ccc(Nc2ncn(-c3ccnc(N4C[C@@H](C)N(C(C)=O)[C@@H](C)C4)c3)n2)cc1. The molecular weight excluding hydrogens is 1670 g/mol. The number of aromatic nitrogens is 16. The van der Waals surface area contributed by atoms with Gasteiger partial charge in [-0.2, -0.15) is 19.9 Å². The van der Waals surface area contributed by atoms with Crippen LogP contribution in [0.1, 0.15) is 110 Å². The average molecular weight is 1780 g/mol. The summed E-state index contributed by atoms with van der Waals surface area (Å²) in [5.41, 5.74) is 8.33. The van der Waals surface area contributed by atoms with E-state index in [1.165, 1.54) is 4.90 Å². The van der Waals surface area contributed by atoms with Crippen LogP contribution in [0.25, 0.3) is 22.7 Å². The van der Waals surface area contributed by atoms with E-state index in [0.717, 1.165) is 121 Å². The number of piperazine rings is 3. The number of nitrogens with zero attached hydrogens (tertiary/aromatic N) is 25. The molecule has 0 radical (unpaired) electrons. The van der Waals surface area contributed by atoms with Crippen LogP contribution < -0.4 is 46.2 Å². The molecule has 4 aliphatic heterocycles. The third-order valence-electron chi connectivity index (χ3n) is 22.2. The van der Waals surface area contributed by atoms with Crippen LogP contribution in [-0.2, 0) is 28.7 Å². The molecule has 0 bridgehead atoms. The molecule has 4 fully saturated rings. The first-order valence-corrected chi connectivity index (χ1v) is 43.5. The first kappa shape index (κ1) is 93.2. The van der Waals surface area contributed by atoms with Gasteiger partial charge in [0.15, 0.2) is 0 Å². The molecule has 6 atom stereocenters. The van der Waals surface area contributed by atoms with E-state index >= 15 is 0 Å². The summed E-state index contributed by atoms with van der Waals surface area (Å²) in [5, 5.41) is 33.5. The highest BCUT2D eigenvalue weighted by atomic mass is 16.5. The highest BCUT2D eigenvalue weighted by Crippen LogP contribution is 2.30. The number of urea groups is 1. The van der Waals surface area contributed by atoms with Crippen LogP contribution >= 0.6 is 0 Å². The van der Waals surface area contributed by atoms with E-state index in [4.69, 9.17) is 9.47 Å². The van der Waals surface area contributed by atoms with Gasteiger partial charge in [0.1, 0.15) is 48.6 Å². The second-order valence-corrected chi connectivity index (χ2v) is 32.3.